The minimum absolute atomic E-state index is 0.237. The quantitative estimate of drug-likeness (QED) is 0.225. The third-order valence-corrected chi connectivity index (χ3v) is 6.90. The smallest absolute Gasteiger partial charge is 0.338 e. The van der Waals surface area contributed by atoms with Gasteiger partial charge in [-0.15, -0.1) is 0 Å². The summed E-state index contributed by atoms with van der Waals surface area (Å²) < 4.78 is 45.6. The molecule has 2 unspecified atom stereocenters. The van der Waals surface area contributed by atoms with Gasteiger partial charge in [0, 0.05) is 17.8 Å². The van der Waals surface area contributed by atoms with Crippen LogP contribution in [-0.2, 0) is 22.4 Å². The summed E-state index contributed by atoms with van der Waals surface area (Å²) in [5, 5.41) is 3.36. The number of hydrogen-bond acceptors (Lipinski definition) is 5. The lowest BCUT2D eigenvalue weighted by Crippen LogP contribution is -2.51. The first kappa shape index (κ1) is 27.3. The van der Waals surface area contributed by atoms with E-state index in [-0.39, 0.29) is 11.4 Å². The van der Waals surface area contributed by atoms with Gasteiger partial charge in [-0.2, -0.15) is 0 Å². The van der Waals surface area contributed by atoms with Crippen LogP contribution in [0.4, 0.5) is 14.5 Å². The van der Waals surface area contributed by atoms with Crippen LogP contribution in [-0.4, -0.2) is 24.3 Å². The number of esters is 1. The lowest BCUT2D eigenvalue weighted by Gasteiger charge is -2.43. The minimum atomic E-state index is -0.914. The van der Waals surface area contributed by atoms with Crippen LogP contribution in [0.1, 0.15) is 47.0 Å². The van der Waals surface area contributed by atoms with Gasteiger partial charge < -0.3 is 19.5 Å². The predicted molar refractivity (Wildman–Crippen MR) is 149 cm³/mol. The van der Waals surface area contributed by atoms with Crippen molar-refractivity contribution in [1.29, 1.82) is 0 Å². The first-order valence-corrected chi connectivity index (χ1v) is 13.2. The third kappa shape index (κ3) is 6.49. The number of halogens is 2. The second kappa shape index (κ2) is 11.9. The fourth-order valence-electron chi connectivity index (χ4n) is 4.75. The van der Waals surface area contributed by atoms with Crippen molar-refractivity contribution >= 4 is 11.7 Å². The molecule has 5 nitrogen and oxygen atoms in total. The summed E-state index contributed by atoms with van der Waals surface area (Å²) in [7, 11) is 0. The Morgan fingerprint density at radius 2 is 1.55 bits per heavy atom. The maximum absolute atomic E-state index is 13.5. The van der Waals surface area contributed by atoms with Gasteiger partial charge in [0.15, 0.2) is 6.10 Å². The Labute approximate surface area is 232 Å². The molecule has 5 rings (SSSR count). The van der Waals surface area contributed by atoms with Gasteiger partial charge in [0.05, 0.1) is 12.2 Å². The summed E-state index contributed by atoms with van der Waals surface area (Å²) in [6, 6.07) is 27.3. The Morgan fingerprint density at radius 3 is 2.25 bits per heavy atom. The van der Waals surface area contributed by atoms with Gasteiger partial charge in [-0.3, -0.25) is 0 Å². The fourth-order valence-corrected chi connectivity index (χ4v) is 4.75. The maximum atomic E-state index is 13.5. The van der Waals surface area contributed by atoms with E-state index in [1.54, 1.807) is 12.1 Å². The average molecular weight is 544 g/mol. The van der Waals surface area contributed by atoms with Gasteiger partial charge >= 0.3 is 5.97 Å². The van der Waals surface area contributed by atoms with Crippen LogP contribution < -0.4 is 10.1 Å². The molecule has 206 valence electrons. The van der Waals surface area contributed by atoms with Crippen LogP contribution >= 0.6 is 0 Å². The van der Waals surface area contributed by atoms with E-state index in [0.717, 1.165) is 22.4 Å². The molecule has 40 heavy (non-hydrogen) atoms. The SMILES string of the molecule is CC1(C)Oc2ccc(NCc3ccc(F)cc3)cc2C(OCCc2ccccc2)C1OC(=O)c1ccc(F)cc1. The third-order valence-electron chi connectivity index (χ3n) is 6.90. The summed E-state index contributed by atoms with van der Waals surface area (Å²) >= 11 is 0. The van der Waals surface area contributed by atoms with E-state index in [9.17, 15) is 13.6 Å². The van der Waals surface area contributed by atoms with Crippen molar-refractivity contribution < 1.29 is 27.8 Å². The molecule has 1 aliphatic rings. The molecule has 0 aromatic heterocycles. The van der Waals surface area contributed by atoms with Gasteiger partial charge in [-0.05, 0) is 86.0 Å². The molecule has 1 N–H and O–H groups in total. The molecule has 4 aromatic rings. The topological polar surface area (TPSA) is 56.8 Å². The number of rotatable bonds is 9. The van der Waals surface area contributed by atoms with Crippen LogP contribution in [0.25, 0.3) is 0 Å². The normalized spacial score (nSPS) is 17.4. The summed E-state index contributed by atoms with van der Waals surface area (Å²) in [5.41, 5.74) is 2.94. The van der Waals surface area contributed by atoms with Gasteiger partial charge in [0.25, 0.3) is 0 Å². The van der Waals surface area contributed by atoms with Crippen molar-refractivity contribution in [2.24, 2.45) is 0 Å². The highest BCUT2D eigenvalue weighted by Gasteiger charge is 2.47. The second-order valence-electron chi connectivity index (χ2n) is 10.3. The Balaban J connectivity index is 1.41. The first-order valence-electron chi connectivity index (χ1n) is 13.2. The molecule has 2 atom stereocenters. The number of carbonyl (C=O) groups excluding carboxylic acids is 1. The van der Waals surface area contributed by atoms with Crippen molar-refractivity contribution in [1.82, 2.24) is 0 Å². The average Bonchev–Trinajstić information content (AvgIpc) is 2.95. The molecule has 1 aliphatic heterocycles. The van der Waals surface area contributed by atoms with Crippen LogP contribution in [0.3, 0.4) is 0 Å². The molecule has 1 heterocycles. The van der Waals surface area contributed by atoms with Crippen molar-refractivity contribution in [3.05, 3.63) is 131 Å². The summed E-state index contributed by atoms with van der Waals surface area (Å²) in [5.74, 6) is -0.674. The lowest BCUT2D eigenvalue weighted by molar-refractivity contribution is -0.139. The molecule has 0 amide bonds. The zero-order chi connectivity index (χ0) is 28.1. The lowest BCUT2D eigenvalue weighted by atomic mass is 9.87. The van der Waals surface area contributed by atoms with Crippen LogP contribution in [0.5, 0.6) is 5.75 Å². The number of benzene rings is 4. The zero-order valence-corrected chi connectivity index (χ0v) is 22.4. The van der Waals surface area contributed by atoms with Crippen LogP contribution in [0.15, 0.2) is 97.1 Å². The molecular formula is C33H31F2NO4. The number of nitrogens with one attached hydrogen (secondary N) is 1. The standard InChI is InChI=1S/C33H31F2NO4/c1-33(2)31(39-32(37)24-10-14-26(35)15-11-24)30(38-19-18-22-6-4-3-5-7-22)28-20-27(16-17-29(28)40-33)36-21-23-8-12-25(34)13-9-23/h3-17,20,30-31,36H,18-19,21H2,1-2H3. The monoisotopic (exact) mass is 543 g/mol. The van der Waals surface area contributed by atoms with E-state index >= 15 is 0 Å². The minimum Gasteiger partial charge on any atom is -0.483 e. The number of hydrogen-bond donors (Lipinski definition) is 1. The molecule has 0 saturated heterocycles. The highest BCUT2D eigenvalue weighted by atomic mass is 19.1. The molecule has 7 heteroatoms. The highest BCUT2D eigenvalue weighted by Crippen LogP contribution is 2.44. The van der Waals surface area contributed by atoms with Crippen LogP contribution in [0, 0.1) is 11.6 Å². The molecular weight excluding hydrogens is 512 g/mol. The van der Waals surface area contributed by atoms with Crippen molar-refractivity contribution in [2.75, 3.05) is 11.9 Å². The maximum Gasteiger partial charge on any atom is 0.338 e. The summed E-state index contributed by atoms with van der Waals surface area (Å²) in [6.45, 7) is 4.59. The van der Waals surface area contributed by atoms with E-state index in [1.165, 1.54) is 36.4 Å². The van der Waals surface area contributed by atoms with E-state index in [4.69, 9.17) is 14.2 Å². The Kier molecular flexibility index (Phi) is 8.12. The van der Waals surface area contributed by atoms with E-state index in [2.05, 4.69) is 5.32 Å². The second-order valence-corrected chi connectivity index (χ2v) is 10.3. The van der Waals surface area contributed by atoms with Crippen molar-refractivity contribution in [3.63, 3.8) is 0 Å². The van der Waals surface area contributed by atoms with Crippen LogP contribution in [0.2, 0.25) is 0 Å². The fraction of sp³-hybridized carbons (Fsp3) is 0.242. The zero-order valence-electron chi connectivity index (χ0n) is 22.4. The van der Waals surface area contributed by atoms with Gasteiger partial charge in [0.2, 0.25) is 0 Å². The Bertz CT molecular complexity index is 1440. The number of fused-ring (bicyclic) bond motifs is 1. The van der Waals surface area contributed by atoms with Gasteiger partial charge in [-0.25, -0.2) is 13.6 Å². The van der Waals surface area contributed by atoms with Gasteiger partial charge in [-0.1, -0.05) is 42.5 Å². The highest BCUT2D eigenvalue weighted by molar-refractivity contribution is 5.89. The predicted octanol–water partition coefficient (Wildman–Crippen LogP) is 7.27. The first-order chi connectivity index (χ1) is 19.3. The molecule has 0 aliphatic carbocycles. The number of ether oxygens (including phenoxy) is 3. The largest absolute Gasteiger partial charge is 0.483 e. The Hall–Kier alpha value is -4.23. The van der Waals surface area contributed by atoms with E-state index in [0.29, 0.717) is 25.3 Å². The van der Waals surface area contributed by atoms with Crippen molar-refractivity contribution in [3.8, 4) is 5.75 Å². The van der Waals surface area contributed by atoms with E-state index < -0.39 is 29.6 Å². The molecule has 0 fully saturated rings. The molecule has 0 saturated carbocycles. The number of carbonyl (C=O) groups is 1. The van der Waals surface area contributed by atoms with Gasteiger partial charge in [0.1, 0.15) is 29.1 Å². The summed E-state index contributed by atoms with van der Waals surface area (Å²) in [6.07, 6.45) is -0.741. The molecule has 0 bridgehead atoms. The molecule has 0 radical (unpaired) electrons. The van der Waals surface area contributed by atoms with E-state index in [1.807, 2.05) is 62.4 Å². The van der Waals surface area contributed by atoms with Crippen molar-refractivity contribution in [2.45, 2.75) is 44.6 Å². The summed E-state index contributed by atoms with van der Waals surface area (Å²) in [4.78, 5) is 13.1. The molecule has 0 spiro atoms. The molecule has 4 aromatic carbocycles. The number of anilines is 1. The Morgan fingerprint density at radius 1 is 0.875 bits per heavy atom.